The van der Waals surface area contributed by atoms with Crippen LogP contribution in [0.15, 0.2) is 0 Å². The molecule has 0 radical (unpaired) electrons. The molecule has 15 heteroatoms. The van der Waals surface area contributed by atoms with Crippen LogP contribution in [0.4, 0.5) is 0 Å². The highest BCUT2D eigenvalue weighted by atomic mass is 16.7. The Labute approximate surface area is 300 Å². The van der Waals surface area contributed by atoms with E-state index in [4.69, 9.17) is 19.2 Å². The second-order valence-electron chi connectivity index (χ2n) is 13.1. The number of ketones is 2. The molecule has 288 valence electrons. The van der Waals surface area contributed by atoms with Crippen molar-refractivity contribution in [2.75, 3.05) is 13.1 Å². The molecule has 2 fully saturated rings. The van der Waals surface area contributed by atoms with E-state index in [0.717, 1.165) is 96.3 Å². The summed E-state index contributed by atoms with van der Waals surface area (Å²) in [7, 11) is 0. The Balaban J connectivity index is 1.25. The summed E-state index contributed by atoms with van der Waals surface area (Å²) in [6.07, 6.45) is 15.0. The van der Waals surface area contributed by atoms with Gasteiger partial charge < -0.3 is 19.2 Å². The van der Waals surface area contributed by atoms with E-state index < -0.39 is 29.9 Å². The van der Waals surface area contributed by atoms with Crippen molar-refractivity contribution in [2.24, 2.45) is 0 Å². The second kappa shape index (κ2) is 27.0. The second-order valence-corrected chi connectivity index (χ2v) is 13.1. The third-order valence-corrected chi connectivity index (χ3v) is 8.60. The SMILES string of the molecule is O=C(CCCCCCCCCC(=O)ONCCCCCCCC(=O)ON1C(=O)CCC1=O)ONCCCCCCCC(=O)OC1C(=O)CCC1=O. The maximum Gasteiger partial charge on any atom is 0.333 e. The number of unbranched alkanes of at least 4 members (excludes halogenated alkanes) is 14. The smallest absolute Gasteiger partial charge is 0.333 e. The van der Waals surface area contributed by atoms with Crippen molar-refractivity contribution in [1.29, 1.82) is 0 Å². The highest BCUT2D eigenvalue weighted by Crippen LogP contribution is 2.17. The van der Waals surface area contributed by atoms with E-state index in [1.54, 1.807) is 0 Å². The first-order chi connectivity index (χ1) is 24.7. The first-order valence-electron chi connectivity index (χ1n) is 18.8. The number of Topliss-reactive ketones (excluding diaryl/α,β-unsaturated/α-hetero) is 2. The molecule has 0 aromatic carbocycles. The zero-order chi connectivity index (χ0) is 37.1. The molecule has 2 N–H and O–H groups in total. The van der Waals surface area contributed by atoms with Gasteiger partial charge in [0, 0.05) is 64.5 Å². The Morgan fingerprint density at radius 3 is 1.25 bits per heavy atom. The summed E-state index contributed by atoms with van der Waals surface area (Å²) in [5, 5.41) is 0.569. The van der Waals surface area contributed by atoms with E-state index in [0.29, 0.717) is 43.8 Å². The molecule has 2 amide bonds. The minimum absolute atomic E-state index is 0.0806. The summed E-state index contributed by atoms with van der Waals surface area (Å²) < 4.78 is 5.00. The summed E-state index contributed by atoms with van der Waals surface area (Å²) in [6.45, 7) is 1.11. The summed E-state index contributed by atoms with van der Waals surface area (Å²) in [4.78, 5) is 108. The van der Waals surface area contributed by atoms with E-state index in [2.05, 4.69) is 11.0 Å². The highest BCUT2D eigenvalue weighted by Gasteiger charge is 2.36. The standard InChI is InChI=1S/C36H57N3O12/c40-28-22-23-29(41)36(28)48-32(44)18-12-8-4-10-16-26-37-49-33(45)19-13-6-2-1-3-7-14-20-34(46)50-38-27-17-11-5-9-15-21-35(47)51-39-30(42)24-25-31(39)43/h36-38H,1-27H2. The number of ether oxygens (including phenoxy) is 1. The van der Waals surface area contributed by atoms with Crippen LogP contribution in [0.1, 0.15) is 161 Å². The number of esters is 1. The molecule has 2 rings (SSSR count). The number of nitrogens with zero attached hydrogens (tertiary/aromatic N) is 1. The quantitative estimate of drug-likeness (QED) is 0.0257. The van der Waals surface area contributed by atoms with Gasteiger partial charge in [-0.3, -0.25) is 33.6 Å². The molecular weight excluding hydrogens is 666 g/mol. The number of nitrogens with one attached hydrogen (secondary N) is 2. The van der Waals surface area contributed by atoms with Crippen molar-refractivity contribution < 1.29 is 57.6 Å². The molecule has 1 saturated heterocycles. The monoisotopic (exact) mass is 723 g/mol. The fourth-order valence-corrected chi connectivity index (χ4v) is 5.60. The average molecular weight is 724 g/mol. The Morgan fingerprint density at radius 2 is 0.824 bits per heavy atom. The van der Waals surface area contributed by atoms with E-state index in [9.17, 15) is 38.4 Å². The maximum atomic E-state index is 11.9. The van der Waals surface area contributed by atoms with E-state index in [1.807, 2.05) is 0 Å². The van der Waals surface area contributed by atoms with Crippen LogP contribution < -0.4 is 11.0 Å². The number of hydroxylamine groups is 4. The molecule has 15 nitrogen and oxygen atoms in total. The summed E-state index contributed by atoms with van der Waals surface area (Å²) >= 11 is 0. The predicted octanol–water partition coefficient (Wildman–Crippen LogP) is 4.73. The topological polar surface area (TPSA) is 201 Å². The molecule has 0 aromatic rings. The number of amides is 2. The van der Waals surface area contributed by atoms with Gasteiger partial charge in [-0.2, -0.15) is 11.0 Å². The minimum atomic E-state index is -1.19. The normalized spacial score (nSPS) is 14.7. The van der Waals surface area contributed by atoms with Crippen LogP contribution in [-0.4, -0.2) is 71.5 Å². The van der Waals surface area contributed by atoms with Gasteiger partial charge >= 0.3 is 23.9 Å². The van der Waals surface area contributed by atoms with Crippen LogP contribution in [0, 0.1) is 0 Å². The molecule has 0 aromatic heterocycles. The number of hydrogen-bond donors (Lipinski definition) is 2. The minimum Gasteiger partial charge on any atom is -0.446 e. The Kier molecular flexibility index (Phi) is 23.0. The van der Waals surface area contributed by atoms with Gasteiger partial charge in [0.05, 0.1) is 0 Å². The third kappa shape index (κ3) is 20.7. The molecule has 0 bridgehead atoms. The third-order valence-electron chi connectivity index (χ3n) is 8.60. The number of imide groups is 1. The zero-order valence-corrected chi connectivity index (χ0v) is 30.0. The molecule has 1 saturated carbocycles. The van der Waals surface area contributed by atoms with Crippen LogP contribution in [0.3, 0.4) is 0 Å². The summed E-state index contributed by atoms with van der Waals surface area (Å²) in [5.74, 6) is -3.20. The molecule has 1 aliphatic heterocycles. The first-order valence-corrected chi connectivity index (χ1v) is 18.8. The van der Waals surface area contributed by atoms with Crippen LogP contribution in [-0.2, 0) is 57.6 Å². The van der Waals surface area contributed by atoms with Crippen molar-refractivity contribution in [3.63, 3.8) is 0 Å². The number of carbonyl (C=O) groups is 8. The van der Waals surface area contributed by atoms with Gasteiger partial charge in [0.25, 0.3) is 11.8 Å². The Hall–Kier alpha value is -3.72. The molecule has 51 heavy (non-hydrogen) atoms. The maximum absolute atomic E-state index is 11.9. The van der Waals surface area contributed by atoms with Crippen molar-refractivity contribution >= 4 is 47.3 Å². The fraction of sp³-hybridized carbons (Fsp3) is 0.778. The molecule has 0 unspecified atom stereocenters. The van der Waals surface area contributed by atoms with Crippen molar-refractivity contribution in [2.45, 2.75) is 167 Å². The van der Waals surface area contributed by atoms with E-state index in [1.165, 1.54) is 0 Å². The lowest BCUT2D eigenvalue weighted by Crippen LogP contribution is -2.31. The number of carbonyl (C=O) groups excluding carboxylic acids is 8. The largest absolute Gasteiger partial charge is 0.446 e. The van der Waals surface area contributed by atoms with Crippen molar-refractivity contribution in [1.82, 2.24) is 16.0 Å². The van der Waals surface area contributed by atoms with Gasteiger partial charge in [0.15, 0.2) is 11.6 Å². The lowest BCUT2D eigenvalue weighted by Gasteiger charge is -2.12. The van der Waals surface area contributed by atoms with Crippen LogP contribution >= 0.6 is 0 Å². The molecular formula is C36H57N3O12. The molecule has 0 atom stereocenters. The van der Waals surface area contributed by atoms with Crippen molar-refractivity contribution in [3.05, 3.63) is 0 Å². The van der Waals surface area contributed by atoms with E-state index >= 15 is 0 Å². The lowest BCUT2D eigenvalue weighted by molar-refractivity contribution is -0.197. The first kappa shape index (κ1) is 43.4. The van der Waals surface area contributed by atoms with Gasteiger partial charge in [-0.05, 0) is 38.5 Å². The number of hydrogen-bond acceptors (Lipinski definition) is 14. The van der Waals surface area contributed by atoms with Gasteiger partial charge in [-0.1, -0.05) is 70.6 Å². The molecule has 0 spiro atoms. The lowest BCUT2D eigenvalue weighted by atomic mass is 10.1. The summed E-state index contributed by atoms with van der Waals surface area (Å²) in [5.41, 5.74) is 5.42. The zero-order valence-electron chi connectivity index (χ0n) is 30.0. The van der Waals surface area contributed by atoms with Gasteiger partial charge in [-0.25, -0.2) is 4.79 Å². The highest BCUT2D eigenvalue weighted by molar-refractivity contribution is 6.12. The molecule has 1 aliphatic carbocycles. The van der Waals surface area contributed by atoms with Gasteiger partial charge in [0.1, 0.15) is 0 Å². The van der Waals surface area contributed by atoms with Crippen LogP contribution in [0.5, 0.6) is 0 Å². The van der Waals surface area contributed by atoms with Gasteiger partial charge in [0.2, 0.25) is 6.10 Å². The Morgan fingerprint density at radius 1 is 0.471 bits per heavy atom. The van der Waals surface area contributed by atoms with Crippen LogP contribution in [0.2, 0.25) is 0 Å². The Bertz CT molecular complexity index is 1030. The number of rotatable bonds is 30. The van der Waals surface area contributed by atoms with Crippen molar-refractivity contribution in [3.8, 4) is 0 Å². The molecule has 2 aliphatic rings. The van der Waals surface area contributed by atoms with Gasteiger partial charge in [-0.15, -0.1) is 5.06 Å². The average Bonchev–Trinajstić information content (AvgIpc) is 3.59. The fourth-order valence-electron chi connectivity index (χ4n) is 5.60. The predicted molar refractivity (Wildman–Crippen MR) is 181 cm³/mol. The van der Waals surface area contributed by atoms with E-state index in [-0.39, 0.29) is 62.0 Å². The van der Waals surface area contributed by atoms with Crippen LogP contribution in [0.25, 0.3) is 0 Å². The molecule has 1 heterocycles. The summed E-state index contributed by atoms with van der Waals surface area (Å²) in [6, 6.07) is 0.